The van der Waals surface area contributed by atoms with Crippen LogP contribution in [0.5, 0.6) is 0 Å². The van der Waals surface area contributed by atoms with Gasteiger partial charge in [-0.05, 0) is 20.0 Å². The lowest BCUT2D eigenvalue weighted by Gasteiger charge is -2.28. The number of hydrogen-bond donors (Lipinski definition) is 1. The van der Waals surface area contributed by atoms with E-state index in [2.05, 4.69) is 43.1 Å². The molecule has 86 valence electrons. The molecular formula is C11H21N3S. The summed E-state index contributed by atoms with van der Waals surface area (Å²) in [6.07, 6.45) is 1.93. The fourth-order valence-electron chi connectivity index (χ4n) is 1.69. The van der Waals surface area contributed by atoms with E-state index in [1.807, 2.05) is 11.7 Å². The predicted octanol–water partition coefficient (Wildman–Crippen LogP) is 1.82. The maximum absolute atomic E-state index is 4.06. The highest BCUT2D eigenvalue weighted by Gasteiger charge is 2.14. The van der Waals surface area contributed by atoms with Crippen molar-refractivity contribution < 1.29 is 0 Å². The van der Waals surface area contributed by atoms with Crippen LogP contribution < -0.4 is 5.32 Å². The van der Waals surface area contributed by atoms with Gasteiger partial charge in [0, 0.05) is 30.2 Å². The van der Waals surface area contributed by atoms with Crippen molar-refractivity contribution in [2.24, 2.45) is 5.92 Å². The molecule has 15 heavy (non-hydrogen) atoms. The number of nitrogens with one attached hydrogen (secondary N) is 1. The van der Waals surface area contributed by atoms with Crippen molar-refractivity contribution in [3.8, 4) is 0 Å². The molecule has 4 heteroatoms. The van der Waals surface area contributed by atoms with Crippen LogP contribution in [0.1, 0.15) is 18.7 Å². The van der Waals surface area contributed by atoms with E-state index < -0.39 is 0 Å². The molecule has 1 N–H and O–H groups in total. The molecule has 1 heterocycles. The molecule has 0 saturated heterocycles. The lowest BCUT2D eigenvalue weighted by atomic mass is 10.0. The van der Waals surface area contributed by atoms with Gasteiger partial charge >= 0.3 is 0 Å². The van der Waals surface area contributed by atoms with Crippen LogP contribution in [0.2, 0.25) is 0 Å². The Hall–Kier alpha value is -0.450. The molecule has 0 amide bonds. The lowest BCUT2D eigenvalue weighted by Crippen LogP contribution is -2.41. The topological polar surface area (TPSA) is 28.2 Å². The van der Waals surface area contributed by atoms with Crippen LogP contribution in [0.25, 0.3) is 0 Å². The first-order valence-corrected chi connectivity index (χ1v) is 6.23. The van der Waals surface area contributed by atoms with Gasteiger partial charge < -0.3 is 10.2 Å². The Bertz CT molecular complexity index is 249. The molecule has 0 saturated carbocycles. The second kappa shape index (κ2) is 6.20. The molecule has 1 aromatic rings. The van der Waals surface area contributed by atoms with Crippen LogP contribution in [0, 0.1) is 5.92 Å². The fourth-order valence-corrected chi connectivity index (χ4v) is 2.25. The van der Waals surface area contributed by atoms with Gasteiger partial charge in [0.1, 0.15) is 0 Å². The molecular weight excluding hydrogens is 206 g/mol. The zero-order chi connectivity index (χ0) is 11.3. The smallest absolute Gasteiger partial charge is 0.0794 e. The van der Waals surface area contributed by atoms with Crippen molar-refractivity contribution in [3.05, 3.63) is 16.6 Å². The van der Waals surface area contributed by atoms with E-state index in [1.54, 1.807) is 11.3 Å². The highest BCUT2D eigenvalue weighted by molar-refractivity contribution is 7.09. The van der Waals surface area contributed by atoms with Gasteiger partial charge in [0.2, 0.25) is 0 Å². The van der Waals surface area contributed by atoms with Crippen molar-refractivity contribution in [1.29, 1.82) is 0 Å². The molecule has 3 nitrogen and oxygen atoms in total. The monoisotopic (exact) mass is 227 g/mol. The average molecular weight is 227 g/mol. The van der Waals surface area contributed by atoms with Crippen molar-refractivity contribution in [1.82, 2.24) is 15.2 Å². The zero-order valence-electron chi connectivity index (χ0n) is 10.0. The van der Waals surface area contributed by atoms with E-state index in [0.29, 0.717) is 12.0 Å². The maximum Gasteiger partial charge on any atom is 0.0794 e. The van der Waals surface area contributed by atoms with Crippen LogP contribution in [-0.2, 0) is 6.54 Å². The average Bonchev–Trinajstić information content (AvgIpc) is 2.63. The van der Waals surface area contributed by atoms with Crippen LogP contribution in [-0.4, -0.2) is 36.6 Å². The Morgan fingerprint density at radius 2 is 2.20 bits per heavy atom. The Morgan fingerprint density at radius 1 is 1.47 bits per heavy atom. The molecule has 0 aromatic carbocycles. The second-order valence-electron chi connectivity index (χ2n) is 4.37. The summed E-state index contributed by atoms with van der Waals surface area (Å²) >= 11 is 1.70. The van der Waals surface area contributed by atoms with Gasteiger partial charge in [0.05, 0.1) is 5.51 Å². The van der Waals surface area contributed by atoms with Gasteiger partial charge in [-0.3, -0.25) is 4.98 Å². The summed E-state index contributed by atoms with van der Waals surface area (Å²) in [6, 6.07) is 0.595. The van der Waals surface area contributed by atoms with E-state index in [1.165, 1.54) is 4.88 Å². The molecule has 0 aliphatic rings. The van der Waals surface area contributed by atoms with Crippen LogP contribution in [0.15, 0.2) is 11.7 Å². The third-order valence-corrected chi connectivity index (χ3v) is 3.35. The molecule has 0 fully saturated rings. The zero-order valence-corrected chi connectivity index (χ0v) is 10.8. The predicted molar refractivity (Wildman–Crippen MR) is 66.1 cm³/mol. The van der Waals surface area contributed by atoms with E-state index in [4.69, 9.17) is 0 Å². The standard InChI is InChI=1S/C11H21N3S/c1-9(2)11(14(3)4)7-12-5-10-6-13-8-15-10/h6,8-9,11-12H,5,7H2,1-4H3. The van der Waals surface area contributed by atoms with Crippen LogP contribution in [0.4, 0.5) is 0 Å². The SMILES string of the molecule is CC(C)C(CNCc1cncs1)N(C)C. The Morgan fingerprint density at radius 3 is 2.67 bits per heavy atom. The number of nitrogens with zero attached hydrogens (tertiary/aromatic N) is 2. The third kappa shape index (κ3) is 4.28. The second-order valence-corrected chi connectivity index (χ2v) is 5.34. The minimum absolute atomic E-state index is 0.595. The third-order valence-electron chi connectivity index (χ3n) is 2.57. The number of aromatic nitrogens is 1. The summed E-state index contributed by atoms with van der Waals surface area (Å²) in [5.74, 6) is 0.675. The molecule has 1 rings (SSSR count). The number of thiazole rings is 1. The molecule has 0 aliphatic carbocycles. The highest BCUT2D eigenvalue weighted by Crippen LogP contribution is 2.08. The molecule has 0 spiro atoms. The van der Waals surface area contributed by atoms with Gasteiger partial charge in [-0.2, -0.15) is 0 Å². The summed E-state index contributed by atoms with van der Waals surface area (Å²) in [7, 11) is 4.28. The first kappa shape index (κ1) is 12.6. The fraction of sp³-hybridized carbons (Fsp3) is 0.727. The normalized spacial score (nSPS) is 13.7. The summed E-state index contributed by atoms with van der Waals surface area (Å²) < 4.78 is 0. The first-order valence-electron chi connectivity index (χ1n) is 5.35. The Labute approximate surface area is 96.5 Å². The van der Waals surface area contributed by atoms with E-state index >= 15 is 0 Å². The van der Waals surface area contributed by atoms with Gasteiger partial charge in [-0.1, -0.05) is 13.8 Å². The molecule has 1 aromatic heterocycles. The number of likely N-dealkylation sites (N-methyl/N-ethyl adjacent to an activating group) is 1. The van der Waals surface area contributed by atoms with E-state index in [9.17, 15) is 0 Å². The Kier molecular flexibility index (Phi) is 5.22. The molecule has 1 atom stereocenters. The van der Waals surface area contributed by atoms with Gasteiger partial charge in [-0.25, -0.2) is 0 Å². The summed E-state index contributed by atoms with van der Waals surface area (Å²) in [5.41, 5.74) is 1.88. The highest BCUT2D eigenvalue weighted by atomic mass is 32.1. The molecule has 0 aliphatic heterocycles. The quantitative estimate of drug-likeness (QED) is 0.803. The summed E-state index contributed by atoms with van der Waals surface area (Å²) in [6.45, 7) is 6.49. The number of hydrogen-bond acceptors (Lipinski definition) is 4. The van der Waals surface area contributed by atoms with Crippen molar-refractivity contribution in [2.45, 2.75) is 26.4 Å². The van der Waals surface area contributed by atoms with Crippen molar-refractivity contribution in [2.75, 3.05) is 20.6 Å². The van der Waals surface area contributed by atoms with E-state index in [0.717, 1.165) is 13.1 Å². The van der Waals surface area contributed by atoms with Crippen LogP contribution >= 0.6 is 11.3 Å². The summed E-state index contributed by atoms with van der Waals surface area (Å²) in [4.78, 5) is 7.64. The maximum atomic E-state index is 4.06. The molecule has 0 radical (unpaired) electrons. The van der Waals surface area contributed by atoms with Gasteiger partial charge in [0.15, 0.2) is 0 Å². The molecule has 1 unspecified atom stereocenters. The number of rotatable bonds is 6. The lowest BCUT2D eigenvalue weighted by molar-refractivity contribution is 0.224. The van der Waals surface area contributed by atoms with Gasteiger partial charge in [0.25, 0.3) is 0 Å². The van der Waals surface area contributed by atoms with Crippen molar-refractivity contribution >= 4 is 11.3 Å². The Balaban J connectivity index is 2.28. The summed E-state index contributed by atoms with van der Waals surface area (Å²) in [5, 5.41) is 3.48. The van der Waals surface area contributed by atoms with Crippen molar-refractivity contribution in [3.63, 3.8) is 0 Å². The van der Waals surface area contributed by atoms with Gasteiger partial charge in [-0.15, -0.1) is 11.3 Å². The minimum Gasteiger partial charge on any atom is -0.310 e. The van der Waals surface area contributed by atoms with E-state index in [-0.39, 0.29) is 0 Å². The first-order chi connectivity index (χ1) is 7.11. The van der Waals surface area contributed by atoms with Crippen LogP contribution in [0.3, 0.4) is 0 Å². The molecule has 0 bridgehead atoms. The largest absolute Gasteiger partial charge is 0.310 e. The minimum atomic E-state index is 0.595.